The van der Waals surface area contributed by atoms with Gasteiger partial charge in [-0.15, -0.1) is 0 Å². The fourth-order valence-corrected chi connectivity index (χ4v) is 3.08. The Hall–Kier alpha value is -0.390. The molecular formula is C12H21BrN4. The molecule has 0 spiro atoms. The maximum Gasteiger partial charge on any atom is 0.0712 e. The first-order chi connectivity index (χ1) is 8.01. The zero-order valence-corrected chi connectivity index (χ0v) is 12.3. The van der Waals surface area contributed by atoms with Crippen LogP contribution in [-0.4, -0.2) is 9.78 Å². The topological polar surface area (TPSA) is 55.9 Å². The van der Waals surface area contributed by atoms with Crippen molar-refractivity contribution in [3.8, 4) is 0 Å². The van der Waals surface area contributed by atoms with Gasteiger partial charge in [0.05, 0.1) is 22.4 Å². The molecule has 17 heavy (non-hydrogen) atoms. The number of aryl methyl sites for hydroxylation is 1. The van der Waals surface area contributed by atoms with Crippen molar-refractivity contribution >= 4 is 15.9 Å². The summed E-state index contributed by atoms with van der Waals surface area (Å²) in [6.07, 6.45) is 4.16. The third-order valence-corrected chi connectivity index (χ3v) is 4.35. The lowest BCUT2D eigenvalue weighted by molar-refractivity contribution is 0.391. The maximum atomic E-state index is 5.75. The van der Waals surface area contributed by atoms with Crippen LogP contribution in [0.3, 0.4) is 0 Å². The number of hydrazine groups is 1. The van der Waals surface area contributed by atoms with E-state index in [-0.39, 0.29) is 6.04 Å². The number of nitrogens with one attached hydrogen (secondary N) is 1. The molecule has 0 amide bonds. The highest BCUT2D eigenvalue weighted by Crippen LogP contribution is 2.58. The molecule has 1 saturated carbocycles. The average molecular weight is 301 g/mol. The van der Waals surface area contributed by atoms with Gasteiger partial charge in [-0.3, -0.25) is 16.0 Å². The molecule has 0 radical (unpaired) electrons. The molecule has 1 heterocycles. The van der Waals surface area contributed by atoms with Crippen LogP contribution in [0.1, 0.15) is 45.3 Å². The van der Waals surface area contributed by atoms with Crippen molar-refractivity contribution in [2.24, 2.45) is 17.2 Å². The summed E-state index contributed by atoms with van der Waals surface area (Å²) in [4.78, 5) is 0. The first-order valence-electron chi connectivity index (χ1n) is 6.18. The number of rotatable bonds is 5. The summed E-state index contributed by atoms with van der Waals surface area (Å²) in [5, 5.41) is 4.41. The van der Waals surface area contributed by atoms with Crippen LogP contribution in [0.2, 0.25) is 0 Å². The molecule has 0 aromatic carbocycles. The zero-order chi connectivity index (χ0) is 12.6. The van der Waals surface area contributed by atoms with E-state index in [4.69, 9.17) is 5.84 Å². The Bertz CT molecular complexity index is 399. The standard InChI is InChI=1S/C12H21BrN4/c1-4-5-17-11(9(13)7-15-17)10(16-14)8-6-12(8,2)3/h7-8,10,16H,4-6,14H2,1-3H3. The van der Waals surface area contributed by atoms with Gasteiger partial charge in [-0.25, -0.2) is 0 Å². The summed E-state index contributed by atoms with van der Waals surface area (Å²) in [6.45, 7) is 7.67. The minimum Gasteiger partial charge on any atom is -0.271 e. The average Bonchev–Trinajstić information content (AvgIpc) is 2.74. The van der Waals surface area contributed by atoms with Gasteiger partial charge in [-0.1, -0.05) is 20.8 Å². The second-order valence-electron chi connectivity index (χ2n) is 5.54. The predicted molar refractivity (Wildman–Crippen MR) is 72.2 cm³/mol. The molecular weight excluding hydrogens is 280 g/mol. The lowest BCUT2D eigenvalue weighted by Gasteiger charge is -2.20. The van der Waals surface area contributed by atoms with Crippen LogP contribution in [0.15, 0.2) is 10.7 Å². The lowest BCUT2D eigenvalue weighted by atomic mass is 10.0. The molecule has 1 aliphatic rings. The van der Waals surface area contributed by atoms with E-state index >= 15 is 0 Å². The van der Waals surface area contributed by atoms with Gasteiger partial charge in [0.2, 0.25) is 0 Å². The molecule has 3 N–H and O–H groups in total. The van der Waals surface area contributed by atoms with Crippen molar-refractivity contribution in [1.29, 1.82) is 0 Å². The van der Waals surface area contributed by atoms with E-state index in [1.807, 2.05) is 6.20 Å². The highest BCUT2D eigenvalue weighted by molar-refractivity contribution is 9.10. The van der Waals surface area contributed by atoms with E-state index < -0.39 is 0 Å². The van der Waals surface area contributed by atoms with E-state index in [1.54, 1.807) is 0 Å². The van der Waals surface area contributed by atoms with E-state index in [0.29, 0.717) is 11.3 Å². The summed E-state index contributed by atoms with van der Waals surface area (Å²) in [5.74, 6) is 6.34. The van der Waals surface area contributed by atoms with Crippen molar-refractivity contribution in [1.82, 2.24) is 15.2 Å². The number of hydrogen-bond acceptors (Lipinski definition) is 3. The summed E-state index contributed by atoms with van der Waals surface area (Å²) in [6, 6.07) is 0.188. The number of nitrogens with two attached hydrogens (primary N) is 1. The van der Waals surface area contributed by atoms with Crippen LogP contribution < -0.4 is 11.3 Å². The minimum atomic E-state index is 0.188. The summed E-state index contributed by atoms with van der Waals surface area (Å²) >= 11 is 3.58. The van der Waals surface area contributed by atoms with Crippen LogP contribution in [-0.2, 0) is 6.54 Å². The summed E-state index contributed by atoms with van der Waals surface area (Å²) < 4.78 is 3.11. The Kier molecular flexibility index (Phi) is 3.61. The van der Waals surface area contributed by atoms with Gasteiger partial charge >= 0.3 is 0 Å². The Balaban J connectivity index is 2.27. The summed E-state index contributed by atoms with van der Waals surface area (Å²) in [5.41, 5.74) is 4.54. The first kappa shape index (κ1) is 13.1. The molecule has 0 bridgehead atoms. The number of aromatic nitrogens is 2. The van der Waals surface area contributed by atoms with E-state index in [1.165, 1.54) is 12.1 Å². The van der Waals surface area contributed by atoms with Crippen molar-refractivity contribution in [2.75, 3.05) is 0 Å². The molecule has 5 heteroatoms. The molecule has 96 valence electrons. The van der Waals surface area contributed by atoms with Crippen molar-refractivity contribution in [3.63, 3.8) is 0 Å². The van der Waals surface area contributed by atoms with Gasteiger partial charge in [-0.05, 0) is 40.1 Å². The molecule has 0 aliphatic heterocycles. The smallest absolute Gasteiger partial charge is 0.0712 e. The van der Waals surface area contributed by atoms with Crippen LogP contribution in [0, 0.1) is 11.3 Å². The molecule has 0 saturated heterocycles. The van der Waals surface area contributed by atoms with Crippen LogP contribution in [0.4, 0.5) is 0 Å². The fourth-order valence-electron chi connectivity index (χ4n) is 2.53. The zero-order valence-electron chi connectivity index (χ0n) is 10.7. The predicted octanol–water partition coefficient (Wildman–Crippen LogP) is 2.61. The first-order valence-corrected chi connectivity index (χ1v) is 6.98. The third-order valence-electron chi connectivity index (χ3n) is 3.73. The van der Waals surface area contributed by atoms with Gasteiger partial charge in [-0.2, -0.15) is 5.10 Å². The van der Waals surface area contributed by atoms with E-state index in [2.05, 4.69) is 51.9 Å². The van der Waals surface area contributed by atoms with Gasteiger partial charge in [0.25, 0.3) is 0 Å². The second-order valence-corrected chi connectivity index (χ2v) is 6.40. The van der Waals surface area contributed by atoms with Crippen LogP contribution in [0.5, 0.6) is 0 Å². The quantitative estimate of drug-likeness (QED) is 0.649. The minimum absolute atomic E-state index is 0.188. The third kappa shape index (κ3) is 2.41. The van der Waals surface area contributed by atoms with Gasteiger partial charge < -0.3 is 0 Å². The lowest BCUT2D eigenvalue weighted by Crippen LogP contribution is -2.32. The Morgan fingerprint density at radius 1 is 1.71 bits per heavy atom. The largest absolute Gasteiger partial charge is 0.271 e. The molecule has 1 aliphatic carbocycles. The highest BCUT2D eigenvalue weighted by Gasteiger charge is 2.51. The van der Waals surface area contributed by atoms with E-state index in [9.17, 15) is 0 Å². The molecule has 4 nitrogen and oxygen atoms in total. The molecule has 1 aromatic rings. The van der Waals surface area contributed by atoms with Gasteiger partial charge in [0, 0.05) is 6.54 Å². The van der Waals surface area contributed by atoms with Crippen molar-refractivity contribution in [2.45, 2.75) is 46.2 Å². The molecule has 2 rings (SSSR count). The SMILES string of the molecule is CCCn1ncc(Br)c1C(NN)C1CC1(C)C. The van der Waals surface area contributed by atoms with Gasteiger partial charge in [0.1, 0.15) is 0 Å². The maximum absolute atomic E-state index is 5.75. The Morgan fingerprint density at radius 2 is 2.35 bits per heavy atom. The number of halogens is 1. The Morgan fingerprint density at radius 3 is 2.82 bits per heavy atom. The molecule has 2 atom stereocenters. The van der Waals surface area contributed by atoms with Crippen LogP contribution >= 0.6 is 15.9 Å². The molecule has 1 aromatic heterocycles. The normalized spacial score (nSPS) is 23.7. The highest BCUT2D eigenvalue weighted by atomic mass is 79.9. The fraction of sp³-hybridized carbons (Fsp3) is 0.750. The van der Waals surface area contributed by atoms with Crippen molar-refractivity contribution < 1.29 is 0 Å². The number of nitrogens with zero attached hydrogens (tertiary/aromatic N) is 2. The van der Waals surface area contributed by atoms with Gasteiger partial charge in [0.15, 0.2) is 0 Å². The molecule has 2 unspecified atom stereocenters. The monoisotopic (exact) mass is 300 g/mol. The summed E-state index contributed by atoms with van der Waals surface area (Å²) in [7, 11) is 0. The van der Waals surface area contributed by atoms with Crippen molar-refractivity contribution in [3.05, 3.63) is 16.4 Å². The number of hydrogen-bond donors (Lipinski definition) is 2. The molecule has 1 fully saturated rings. The van der Waals surface area contributed by atoms with E-state index in [0.717, 1.165) is 17.4 Å². The second kappa shape index (κ2) is 4.71. The van der Waals surface area contributed by atoms with Crippen LogP contribution in [0.25, 0.3) is 0 Å². The Labute approximate surface area is 111 Å².